The number of guanidine groups is 1. The van der Waals surface area contributed by atoms with Crippen LogP contribution in [0.1, 0.15) is 30.7 Å². The van der Waals surface area contributed by atoms with Crippen LogP contribution in [0.4, 0.5) is 8.78 Å². The molecule has 2 unspecified atom stereocenters. The van der Waals surface area contributed by atoms with Crippen molar-refractivity contribution in [3.8, 4) is 0 Å². The lowest BCUT2D eigenvalue weighted by Gasteiger charge is -2.11. The lowest BCUT2D eigenvalue weighted by Crippen LogP contribution is -2.39. The molecular formula is C16H21F2IN6. The lowest BCUT2D eigenvalue weighted by molar-refractivity contribution is 0.553. The van der Waals surface area contributed by atoms with Gasteiger partial charge in [0.05, 0.1) is 0 Å². The smallest absolute Gasteiger partial charge is 0.191 e. The van der Waals surface area contributed by atoms with E-state index in [1.807, 2.05) is 6.92 Å². The molecule has 1 aromatic carbocycles. The minimum Gasteiger partial charge on any atom is -0.357 e. The maximum Gasteiger partial charge on any atom is 0.191 e. The summed E-state index contributed by atoms with van der Waals surface area (Å²) in [6, 6.07) is 3.93. The van der Waals surface area contributed by atoms with Gasteiger partial charge in [0, 0.05) is 31.1 Å². The second kappa shape index (κ2) is 8.54. The molecule has 0 saturated heterocycles. The van der Waals surface area contributed by atoms with E-state index in [0.29, 0.717) is 25.5 Å². The molecule has 6 nitrogen and oxygen atoms in total. The van der Waals surface area contributed by atoms with Gasteiger partial charge >= 0.3 is 0 Å². The molecule has 0 aliphatic heterocycles. The number of aliphatic imine (C=N–C) groups is 1. The third-order valence-corrected chi connectivity index (χ3v) is 4.01. The van der Waals surface area contributed by atoms with Gasteiger partial charge in [-0.3, -0.25) is 4.68 Å². The van der Waals surface area contributed by atoms with Crippen LogP contribution in [-0.4, -0.2) is 33.3 Å². The Morgan fingerprint density at radius 1 is 1.36 bits per heavy atom. The fourth-order valence-corrected chi connectivity index (χ4v) is 2.65. The Kier molecular flexibility index (Phi) is 6.68. The molecule has 2 N–H and O–H groups in total. The molecule has 136 valence electrons. The largest absolute Gasteiger partial charge is 0.357 e. The van der Waals surface area contributed by atoms with Crippen molar-refractivity contribution in [2.75, 3.05) is 6.54 Å². The molecule has 0 amide bonds. The Labute approximate surface area is 162 Å². The molecule has 1 heterocycles. The average Bonchev–Trinajstić information content (AvgIpc) is 3.16. The fraction of sp³-hybridized carbons (Fsp3) is 0.438. The Balaban J connectivity index is 0.00000225. The number of nitrogens with zero attached hydrogens (tertiary/aromatic N) is 4. The molecule has 1 aromatic heterocycles. The van der Waals surface area contributed by atoms with Crippen molar-refractivity contribution in [1.29, 1.82) is 0 Å². The predicted molar refractivity (Wildman–Crippen MR) is 102 cm³/mol. The molecular weight excluding hydrogens is 441 g/mol. The second-order valence-electron chi connectivity index (χ2n) is 5.72. The van der Waals surface area contributed by atoms with Crippen LogP contribution in [0.5, 0.6) is 0 Å². The second-order valence-corrected chi connectivity index (χ2v) is 5.72. The summed E-state index contributed by atoms with van der Waals surface area (Å²) in [5.74, 6) is 0.171. The van der Waals surface area contributed by atoms with E-state index in [0.717, 1.165) is 5.82 Å². The highest BCUT2D eigenvalue weighted by Gasteiger charge is 2.42. The Morgan fingerprint density at radius 2 is 2.08 bits per heavy atom. The number of halogens is 3. The summed E-state index contributed by atoms with van der Waals surface area (Å²) in [7, 11) is 1.80. The molecule has 1 aliphatic rings. The highest BCUT2D eigenvalue weighted by atomic mass is 127. The maximum absolute atomic E-state index is 13.8. The molecule has 2 aromatic rings. The van der Waals surface area contributed by atoms with Crippen LogP contribution in [-0.2, 0) is 13.6 Å². The molecule has 1 aliphatic carbocycles. The summed E-state index contributed by atoms with van der Waals surface area (Å²) < 4.78 is 29.3. The van der Waals surface area contributed by atoms with E-state index in [1.54, 1.807) is 11.7 Å². The SMILES string of the molecule is CCNC(=NCc1ncnn1C)NC1CC1c1c(F)cccc1F.I. The van der Waals surface area contributed by atoms with Crippen LogP contribution in [0, 0.1) is 11.6 Å². The van der Waals surface area contributed by atoms with Crippen molar-refractivity contribution in [2.24, 2.45) is 12.0 Å². The zero-order chi connectivity index (χ0) is 17.1. The van der Waals surface area contributed by atoms with Crippen LogP contribution < -0.4 is 10.6 Å². The molecule has 2 atom stereocenters. The van der Waals surface area contributed by atoms with Gasteiger partial charge in [-0.05, 0) is 25.5 Å². The van der Waals surface area contributed by atoms with E-state index in [-0.39, 0.29) is 41.5 Å². The molecule has 0 radical (unpaired) electrons. The highest BCUT2D eigenvalue weighted by molar-refractivity contribution is 14.0. The Morgan fingerprint density at radius 3 is 2.68 bits per heavy atom. The number of benzene rings is 1. The van der Waals surface area contributed by atoms with E-state index in [2.05, 4.69) is 25.7 Å². The van der Waals surface area contributed by atoms with Crippen LogP contribution in [0.3, 0.4) is 0 Å². The van der Waals surface area contributed by atoms with Gasteiger partial charge in [-0.2, -0.15) is 5.10 Å². The van der Waals surface area contributed by atoms with Crippen molar-refractivity contribution in [3.63, 3.8) is 0 Å². The normalized spacial score (nSPS) is 19.3. The first-order valence-electron chi connectivity index (χ1n) is 7.91. The number of rotatable bonds is 5. The van der Waals surface area contributed by atoms with E-state index >= 15 is 0 Å². The first-order chi connectivity index (χ1) is 11.6. The van der Waals surface area contributed by atoms with Gasteiger partial charge in [0.25, 0.3) is 0 Å². The molecule has 1 fully saturated rings. The highest BCUT2D eigenvalue weighted by Crippen LogP contribution is 2.43. The number of nitrogens with one attached hydrogen (secondary N) is 2. The molecule has 25 heavy (non-hydrogen) atoms. The van der Waals surface area contributed by atoms with Crippen molar-refractivity contribution < 1.29 is 8.78 Å². The standard InChI is InChI=1S/C16H20F2N6.HI/c1-3-19-16(20-8-14-21-9-22-24(14)2)23-13-7-10(13)15-11(17)5-4-6-12(15)18;/h4-6,9-10,13H,3,7-8H2,1-2H3,(H2,19,20,23);1H. The third kappa shape index (κ3) is 4.65. The number of aromatic nitrogens is 3. The monoisotopic (exact) mass is 462 g/mol. The quantitative estimate of drug-likeness (QED) is 0.407. The predicted octanol–water partition coefficient (Wildman–Crippen LogP) is 2.32. The summed E-state index contributed by atoms with van der Waals surface area (Å²) in [5.41, 5.74) is 0.152. The van der Waals surface area contributed by atoms with Gasteiger partial charge in [0.15, 0.2) is 5.96 Å². The summed E-state index contributed by atoms with van der Waals surface area (Å²) in [6.07, 6.45) is 2.15. The van der Waals surface area contributed by atoms with Gasteiger partial charge in [-0.25, -0.2) is 18.8 Å². The summed E-state index contributed by atoms with van der Waals surface area (Å²) in [6.45, 7) is 3.02. The van der Waals surface area contributed by atoms with E-state index < -0.39 is 11.6 Å². The van der Waals surface area contributed by atoms with E-state index in [1.165, 1.54) is 24.5 Å². The minimum atomic E-state index is -0.495. The van der Waals surface area contributed by atoms with Crippen molar-refractivity contribution in [1.82, 2.24) is 25.4 Å². The van der Waals surface area contributed by atoms with Gasteiger partial charge in [-0.15, -0.1) is 24.0 Å². The summed E-state index contributed by atoms with van der Waals surface area (Å²) in [4.78, 5) is 8.57. The topological polar surface area (TPSA) is 67.1 Å². The molecule has 0 bridgehead atoms. The molecule has 1 saturated carbocycles. The van der Waals surface area contributed by atoms with Gasteiger partial charge < -0.3 is 10.6 Å². The van der Waals surface area contributed by atoms with Crippen LogP contribution in [0.15, 0.2) is 29.5 Å². The summed E-state index contributed by atoms with van der Waals surface area (Å²) in [5, 5.41) is 10.4. The maximum atomic E-state index is 13.8. The minimum absolute atomic E-state index is 0. The zero-order valence-electron chi connectivity index (χ0n) is 14.0. The molecule has 3 rings (SSSR count). The van der Waals surface area contributed by atoms with Gasteiger partial charge in [-0.1, -0.05) is 6.07 Å². The first kappa shape index (κ1) is 19.5. The number of aryl methyl sites for hydroxylation is 1. The van der Waals surface area contributed by atoms with Crippen molar-refractivity contribution >= 4 is 29.9 Å². The van der Waals surface area contributed by atoms with Crippen LogP contribution in [0.2, 0.25) is 0 Å². The van der Waals surface area contributed by atoms with Crippen molar-refractivity contribution in [3.05, 3.63) is 47.5 Å². The molecule has 9 heteroatoms. The van der Waals surface area contributed by atoms with Gasteiger partial charge in [0.2, 0.25) is 0 Å². The third-order valence-electron chi connectivity index (χ3n) is 4.01. The van der Waals surface area contributed by atoms with Crippen LogP contribution in [0.25, 0.3) is 0 Å². The van der Waals surface area contributed by atoms with Crippen LogP contribution >= 0.6 is 24.0 Å². The lowest BCUT2D eigenvalue weighted by atomic mass is 10.1. The summed E-state index contributed by atoms with van der Waals surface area (Å²) >= 11 is 0. The Hall–Kier alpha value is -1.78. The number of hydrogen-bond acceptors (Lipinski definition) is 3. The zero-order valence-corrected chi connectivity index (χ0v) is 16.4. The van der Waals surface area contributed by atoms with E-state index in [9.17, 15) is 8.78 Å². The van der Waals surface area contributed by atoms with E-state index in [4.69, 9.17) is 0 Å². The number of hydrogen-bond donors (Lipinski definition) is 2. The average molecular weight is 462 g/mol. The molecule has 0 spiro atoms. The van der Waals surface area contributed by atoms with Gasteiger partial charge in [0.1, 0.15) is 30.3 Å². The first-order valence-corrected chi connectivity index (χ1v) is 7.91. The Bertz CT molecular complexity index is 728. The fourth-order valence-electron chi connectivity index (χ4n) is 2.65. The van der Waals surface area contributed by atoms with Crippen molar-refractivity contribution in [2.45, 2.75) is 31.8 Å².